The molecule has 20 heavy (non-hydrogen) atoms. The lowest BCUT2D eigenvalue weighted by molar-refractivity contribution is 0.102. The van der Waals surface area contributed by atoms with Crippen LogP contribution in [0.15, 0.2) is 61.4 Å². The molecular weight excluding hydrogens is 254 g/mol. The van der Waals surface area contributed by atoms with Crippen LogP contribution >= 0.6 is 0 Å². The van der Waals surface area contributed by atoms with Gasteiger partial charge in [0.25, 0.3) is 5.91 Å². The molecule has 0 unspecified atom stereocenters. The lowest BCUT2D eigenvalue weighted by Crippen LogP contribution is -2.13. The van der Waals surface area contributed by atoms with Gasteiger partial charge in [0.1, 0.15) is 24.3 Å². The largest absolute Gasteiger partial charge is 0.306 e. The van der Waals surface area contributed by atoms with Gasteiger partial charge >= 0.3 is 0 Å². The summed E-state index contributed by atoms with van der Waals surface area (Å²) < 4.78 is 1.74. The number of hydrogen-bond acceptors (Lipinski definition) is 4. The molecule has 3 rings (SSSR count). The first kappa shape index (κ1) is 12.0. The number of hydrogen-bond donors (Lipinski definition) is 1. The van der Waals surface area contributed by atoms with E-state index in [1.165, 1.54) is 6.33 Å². The van der Waals surface area contributed by atoms with Gasteiger partial charge in [-0.05, 0) is 12.1 Å². The Morgan fingerprint density at radius 2 is 2.00 bits per heavy atom. The van der Waals surface area contributed by atoms with E-state index in [9.17, 15) is 4.79 Å². The summed E-state index contributed by atoms with van der Waals surface area (Å²) in [6.07, 6.45) is 6.45. The molecule has 3 aromatic rings. The van der Waals surface area contributed by atoms with E-state index in [2.05, 4.69) is 20.3 Å². The number of amides is 1. The molecule has 6 heteroatoms. The zero-order chi connectivity index (χ0) is 13.8. The SMILES string of the molecule is O=C(Nc1cc(-n2ccnc2)ncn1)c1ccccc1. The minimum absolute atomic E-state index is 0.208. The molecule has 0 radical (unpaired) electrons. The fraction of sp³-hybridized carbons (Fsp3) is 0. The van der Waals surface area contributed by atoms with Crippen LogP contribution in [0.2, 0.25) is 0 Å². The molecule has 6 nitrogen and oxygen atoms in total. The van der Waals surface area contributed by atoms with Gasteiger partial charge in [0, 0.05) is 24.0 Å². The first-order valence-electron chi connectivity index (χ1n) is 6.00. The molecule has 0 saturated heterocycles. The van der Waals surface area contributed by atoms with E-state index in [-0.39, 0.29) is 5.91 Å². The molecule has 2 aromatic heterocycles. The van der Waals surface area contributed by atoms with Crippen molar-refractivity contribution in [1.29, 1.82) is 0 Å². The highest BCUT2D eigenvalue weighted by Gasteiger charge is 2.07. The predicted molar refractivity (Wildman–Crippen MR) is 73.5 cm³/mol. The number of imidazole rings is 1. The first-order valence-corrected chi connectivity index (χ1v) is 6.00. The molecule has 1 N–H and O–H groups in total. The van der Waals surface area contributed by atoms with Crippen LogP contribution in [0.25, 0.3) is 5.82 Å². The van der Waals surface area contributed by atoms with Crippen molar-refractivity contribution in [2.45, 2.75) is 0 Å². The topological polar surface area (TPSA) is 72.7 Å². The Kier molecular flexibility index (Phi) is 3.20. The molecule has 0 atom stereocenters. The van der Waals surface area contributed by atoms with Crippen LogP contribution in [0, 0.1) is 0 Å². The van der Waals surface area contributed by atoms with E-state index < -0.39 is 0 Å². The number of aromatic nitrogens is 4. The van der Waals surface area contributed by atoms with Gasteiger partial charge in [0.15, 0.2) is 0 Å². The average Bonchev–Trinajstić information content (AvgIpc) is 3.03. The molecule has 0 aliphatic rings. The summed E-state index contributed by atoms with van der Waals surface area (Å²) in [6, 6.07) is 10.7. The van der Waals surface area contributed by atoms with Gasteiger partial charge in [-0.2, -0.15) is 0 Å². The Balaban J connectivity index is 1.82. The Hall–Kier alpha value is -3.02. The molecule has 0 saturated carbocycles. The van der Waals surface area contributed by atoms with Gasteiger partial charge in [-0.15, -0.1) is 0 Å². The van der Waals surface area contributed by atoms with Gasteiger partial charge in [0.05, 0.1) is 0 Å². The van der Waals surface area contributed by atoms with Crippen LogP contribution in [-0.4, -0.2) is 25.4 Å². The van der Waals surface area contributed by atoms with Crippen LogP contribution in [-0.2, 0) is 0 Å². The monoisotopic (exact) mass is 265 g/mol. The second-order valence-corrected chi connectivity index (χ2v) is 4.05. The molecular formula is C14H11N5O. The highest BCUT2D eigenvalue weighted by Crippen LogP contribution is 2.10. The number of carbonyl (C=O) groups is 1. The third kappa shape index (κ3) is 2.54. The minimum Gasteiger partial charge on any atom is -0.306 e. The van der Waals surface area contributed by atoms with Crippen LogP contribution < -0.4 is 5.32 Å². The van der Waals surface area contributed by atoms with Crippen molar-refractivity contribution in [3.05, 3.63) is 67.0 Å². The third-order valence-electron chi connectivity index (χ3n) is 2.70. The van der Waals surface area contributed by atoms with Gasteiger partial charge in [-0.1, -0.05) is 18.2 Å². The van der Waals surface area contributed by atoms with E-state index in [1.54, 1.807) is 41.5 Å². The summed E-state index contributed by atoms with van der Waals surface area (Å²) in [4.78, 5) is 24.1. The standard InChI is InChI=1S/C14H11N5O/c20-14(11-4-2-1-3-5-11)18-12-8-13(17-9-16-12)19-7-6-15-10-19/h1-10H,(H,16,17,18,20). The summed E-state index contributed by atoms with van der Waals surface area (Å²) in [7, 11) is 0. The summed E-state index contributed by atoms with van der Waals surface area (Å²) in [5.41, 5.74) is 0.579. The molecule has 1 aromatic carbocycles. The molecule has 1 amide bonds. The van der Waals surface area contributed by atoms with Crippen molar-refractivity contribution in [2.24, 2.45) is 0 Å². The van der Waals surface area contributed by atoms with Gasteiger partial charge in [0.2, 0.25) is 0 Å². The molecule has 0 aliphatic heterocycles. The first-order chi connectivity index (χ1) is 9.83. The number of carbonyl (C=O) groups excluding carboxylic acids is 1. The van der Waals surface area contributed by atoms with Crippen molar-refractivity contribution >= 4 is 11.7 Å². The smallest absolute Gasteiger partial charge is 0.256 e. The fourth-order valence-corrected chi connectivity index (χ4v) is 1.73. The third-order valence-corrected chi connectivity index (χ3v) is 2.70. The molecule has 0 bridgehead atoms. The average molecular weight is 265 g/mol. The van der Waals surface area contributed by atoms with E-state index in [1.807, 2.05) is 18.2 Å². The maximum Gasteiger partial charge on any atom is 0.256 e. The van der Waals surface area contributed by atoms with Crippen molar-refractivity contribution in [1.82, 2.24) is 19.5 Å². The lowest BCUT2D eigenvalue weighted by atomic mass is 10.2. The van der Waals surface area contributed by atoms with Crippen molar-refractivity contribution < 1.29 is 4.79 Å². The summed E-state index contributed by atoms with van der Waals surface area (Å²) in [5.74, 6) is 0.874. The normalized spacial score (nSPS) is 10.2. The summed E-state index contributed by atoms with van der Waals surface area (Å²) >= 11 is 0. The highest BCUT2D eigenvalue weighted by atomic mass is 16.1. The molecule has 98 valence electrons. The second-order valence-electron chi connectivity index (χ2n) is 4.05. The van der Waals surface area contributed by atoms with Gasteiger partial charge in [-0.3, -0.25) is 9.36 Å². The Labute approximate surface area is 115 Å². The van der Waals surface area contributed by atoms with Gasteiger partial charge in [-0.25, -0.2) is 15.0 Å². The van der Waals surface area contributed by atoms with E-state index >= 15 is 0 Å². The molecule has 0 spiro atoms. The van der Waals surface area contributed by atoms with Crippen LogP contribution in [0.3, 0.4) is 0 Å². The number of anilines is 1. The minimum atomic E-state index is -0.208. The second kappa shape index (κ2) is 5.31. The zero-order valence-electron chi connectivity index (χ0n) is 10.5. The Bertz CT molecular complexity index is 709. The molecule has 2 heterocycles. The number of rotatable bonds is 3. The van der Waals surface area contributed by atoms with Gasteiger partial charge < -0.3 is 5.32 Å². The van der Waals surface area contributed by atoms with E-state index in [4.69, 9.17) is 0 Å². The highest BCUT2D eigenvalue weighted by molar-refractivity contribution is 6.03. The van der Waals surface area contributed by atoms with E-state index in [0.717, 1.165) is 0 Å². The fourth-order valence-electron chi connectivity index (χ4n) is 1.73. The number of nitrogens with one attached hydrogen (secondary N) is 1. The van der Waals surface area contributed by atoms with Crippen molar-refractivity contribution in [3.8, 4) is 5.82 Å². The summed E-state index contributed by atoms with van der Waals surface area (Å²) in [5, 5.41) is 2.74. The van der Waals surface area contributed by atoms with Crippen molar-refractivity contribution in [2.75, 3.05) is 5.32 Å². The predicted octanol–water partition coefficient (Wildman–Crippen LogP) is 1.91. The Morgan fingerprint density at radius 1 is 1.15 bits per heavy atom. The Morgan fingerprint density at radius 3 is 2.75 bits per heavy atom. The summed E-state index contributed by atoms with van der Waals surface area (Å²) in [6.45, 7) is 0. The van der Waals surface area contributed by atoms with Crippen LogP contribution in [0.4, 0.5) is 5.82 Å². The maximum absolute atomic E-state index is 12.0. The van der Waals surface area contributed by atoms with E-state index in [0.29, 0.717) is 17.2 Å². The maximum atomic E-state index is 12.0. The quantitative estimate of drug-likeness (QED) is 0.785. The number of nitrogens with zero attached hydrogens (tertiary/aromatic N) is 4. The molecule has 0 fully saturated rings. The zero-order valence-corrected chi connectivity index (χ0v) is 10.5. The lowest BCUT2D eigenvalue weighted by Gasteiger charge is -2.06. The van der Waals surface area contributed by atoms with Crippen molar-refractivity contribution in [3.63, 3.8) is 0 Å². The van der Waals surface area contributed by atoms with Crippen LogP contribution in [0.1, 0.15) is 10.4 Å². The molecule has 0 aliphatic carbocycles. The number of benzene rings is 1. The van der Waals surface area contributed by atoms with Crippen LogP contribution in [0.5, 0.6) is 0 Å².